The minimum Gasteiger partial charge on any atom is -0.289 e. The molecule has 3 aromatic carbocycles. The molecule has 0 aromatic heterocycles. The van der Waals surface area contributed by atoms with Crippen LogP contribution in [0, 0.1) is 5.82 Å². The standard InChI is InChI=1S/C19H12Cl2FNO3S/c20-13-6-9-18(15(10-13)19(24)12-4-2-1-3-5-12)23-27(25,26)14-7-8-17(22)16(21)11-14/h1-11,23H. The van der Waals surface area contributed by atoms with Crippen LogP contribution in [-0.4, -0.2) is 14.2 Å². The lowest BCUT2D eigenvalue weighted by Gasteiger charge is -2.13. The average Bonchev–Trinajstić information content (AvgIpc) is 2.65. The summed E-state index contributed by atoms with van der Waals surface area (Å²) in [5.74, 6) is -1.13. The number of halogens is 3. The molecule has 0 unspecified atom stereocenters. The van der Waals surface area contributed by atoms with Crippen molar-refractivity contribution in [1.82, 2.24) is 0 Å². The molecule has 0 amide bonds. The lowest BCUT2D eigenvalue weighted by Crippen LogP contribution is -2.16. The zero-order chi connectivity index (χ0) is 19.6. The Labute approximate surface area is 165 Å². The van der Waals surface area contributed by atoms with Gasteiger partial charge >= 0.3 is 0 Å². The topological polar surface area (TPSA) is 63.2 Å². The van der Waals surface area contributed by atoms with Crippen molar-refractivity contribution in [3.05, 3.63) is 93.7 Å². The fourth-order valence-corrected chi connectivity index (χ4v) is 3.91. The molecule has 0 radical (unpaired) electrons. The first-order chi connectivity index (χ1) is 12.8. The lowest BCUT2D eigenvalue weighted by atomic mass is 10.0. The third-order valence-electron chi connectivity index (χ3n) is 3.71. The van der Waals surface area contributed by atoms with Crippen molar-refractivity contribution in [2.75, 3.05) is 4.72 Å². The molecule has 0 saturated heterocycles. The fourth-order valence-electron chi connectivity index (χ4n) is 2.39. The fraction of sp³-hybridized carbons (Fsp3) is 0. The van der Waals surface area contributed by atoms with Crippen LogP contribution in [0.5, 0.6) is 0 Å². The van der Waals surface area contributed by atoms with Gasteiger partial charge < -0.3 is 0 Å². The van der Waals surface area contributed by atoms with E-state index in [0.29, 0.717) is 5.56 Å². The number of carbonyl (C=O) groups is 1. The molecular formula is C19H12Cl2FNO3S. The summed E-state index contributed by atoms with van der Waals surface area (Å²) >= 11 is 11.7. The summed E-state index contributed by atoms with van der Waals surface area (Å²) in [7, 11) is -4.10. The van der Waals surface area contributed by atoms with Crippen LogP contribution in [0.25, 0.3) is 0 Å². The van der Waals surface area contributed by atoms with Gasteiger partial charge in [0.2, 0.25) is 0 Å². The third kappa shape index (κ3) is 4.30. The first-order valence-corrected chi connectivity index (χ1v) is 9.89. The minimum atomic E-state index is -4.10. The number of ketones is 1. The molecule has 0 heterocycles. The molecule has 0 atom stereocenters. The highest BCUT2D eigenvalue weighted by atomic mass is 35.5. The third-order valence-corrected chi connectivity index (χ3v) is 5.60. The van der Waals surface area contributed by atoms with Gasteiger partial charge in [0.1, 0.15) is 5.82 Å². The van der Waals surface area contributed by atoms with Gasteiger partial charge in [-0.15, -0.1) is 0 Å². The number of hydrogen-bond acceptors (Lipinski definition) is 3. The second kappa shape index (κ2) is 7.68. The highest BCUT2D eigenvalue weighted by Gasteiger charge is 2.21. The van der Waals surface area contributed by atoms with Crippen LogP contribution in [-0.2, 0) is 10.0 Å². The zero-order valence-corrected chi connectivity index (χ0v) is 15.9. The van der Waals surface area contributed by atoms with Gasteiger partial charge in [-0.3, -0.25) is 9.52 Å². The van der Waals surface area contributed by atoms with Gasteiger partial charge in [-0.1, -0.05) is 53.5 Å². The number of sulfonamides is 1. The maximum Gasteiger partial charge on any atom is 0.261 e. The molecule has 0 bridgehead atoms. The van der Waals surface area contributed by atoms with E-state index in [-0.39, 0.29) is 26.2 Å². The molecule has 3 rings (SSSR count). The van der Waals surface area contributed by atoms with Gasteiger partial charge in [0.05, 0.1) is 15.6 Å². The quantitative estimate of drug-likeness (QED) is 0.576. The van der Waals surface area contributed by atoms with E-state index in [1.807, 2.05) is 0 Å². The van der Waals surface area contributed by atoms with Crippen molar-refractivity contribution < 1.29 is 17.6 Å². The highest BCUT2D eigenvalue weighted by Crippen LogP contribution is 2.27. The van der Waals surface area contributed by atoms with Crippen LogP contribution in [0.1, 0.15) is 15.9 Å². The van der Waals surface area contributed by atoms with Crippen molar-refractivity contribution in [2.24, 2.45) is 0 Å². The van der Waals surface area contributed by atoms with Gasteiger partial charge in [0.25, 0.3) is 10.0 Å². The molecule has 27 heavy (non-hydrogen) atoms. The number of benzene rings is 3. The maximum atomic E-state index is 13.3. The van der Waals surface area contributed by atoms with Gasteiger partial charge in [-0.2, -0.15) is 0 Å². The van der Waals surface area contributed by atoms with Gasteiger partial charge in [0.15, 0.2) is 5.78 Å². The van der Waals surface area contributed by atoms with Crippen molar-refractivity contribution in [1.29, 1.82) is 0 Å². The lowest BCUT2D eigenvalue weighted by molar-refractivity contribution is 0.103. The van der Waals surface area contributed by atoms with Crippen molar-refractivity contribution in [2.45, 2.75) is 4.90 Å². The molecule has 1 N–H and O–H groups in total. The summed E-state index contributed by atoms with van der Waals surface area (Å²) in [4.78, 5) is 12.5. The largest absolute Gasteiger partial charge is 0.289 e. The molecule has 0 fully saturated rings. The van der Waals surface area contributed by atoms with E-state index in [4.69, 9.17) is 23.2 Å². The number of hydrogen-bond donors (Lipinski definition) is 1. The first-order valence-electron chi connectivity index (χ1n) is 7.65. The van der Waals surface area contributed by atoms with Crippen LogP contribution in [0.4, 0.5) is 10.1 Å². The second-order valence-corrected chi connectivity index (χ2v) is 8.09. The molecule has 138 valence electrons. The van der Waals surface area contributed by atoms with Gasteiger partial charge in [0, 0.05) is 16.1 Å². The van der Waals surface area contributed by atoms with Crippen LogP contribution in [0.2, 0.25) is 10.0 Å². The Morgan fingerprint density at radius 1 is 0.926 bits per heavy atom. The molecular weight excluding hydrogens is 412 g/mol. The van der Waals surface area contributed by atoms with E-state index >= 15 is 0 Å². The van der Waals surface area contributed by atoms with Crippen LogP contribution < -0.4 is 4.72 Å². The predicted octanol–water partition coefficient (Wildman–Crippen LogP) is 5.16. The van der Waals surface area contributed by atoms with E-state index in [9.17, 15) is 17.6 Å². The van der Waals surface area contributed by atoms with Crippen molar-refractivity contribution >= 4 is 44.7 Å². The Balaban J connectivity index is 2.02. The molecule has 3 aromatic rings. The summed E-state index contributed by atoms with van der Waals surface area (Å²) in [6.07, 6.45) is 0. The maximum absolute atomic E-state index is 13.3. The van der Waals surface area contributed by atoms with Crippen LogP contribution in [0.15, 0.2) is 71.6 Å². The number of nitrogens with one attached hydrogen (secondary N) is 1. The number of anilines is 1. The Bertz CT molecular complexity index is 1120. The minimum absolute atomic E-state index is 0.0497. The van der Waals surface area contributed by atoms with Crippen molar-refractivity contribution in [3.63, 3.8) is 0 Å². The smallest absolute Gasteiger partial charge is 0.261 e. The van der Waals surface area contributed by atoms with E-state index in [1.165, 1.54) is 18.2 Å². The van der Waals surface area contributed by atoms with Gasteiger partial charge in [-0.25, -0.2) is 12.8 Å². The predicted molar refractivity (Wildman–Crippen MR) is 104 cm³/mol. The van der Waals surface area contributed by atoms with E-state index < -0.39 is 21.6 Å². The summed E-state index contributed by atoms with van der Waals surface area (Å²) < 4.78 is 40.9. The number of rotatable bonds is 5. The molecule has 4 nitrogen and oxygen atoms in total. The van der Waals surface area contributed by atoms with E-state index in [0.717, 1.165) is 18.2 Å². The monoisotopic (exact) mass is 423 g/mol. The summed E-state index contributed by atoms with van der Waals surface area (Å²) in [6, 6.07) is 15.6. The molecule has 0 aliphatic heterocycles. The molecule has 0 aliphatic carbocycles. The molecule has 0 spiro atoms. The Kier molecular flexibility index (Phi) is 5.51. The van der Waals surface area contributed by atoms with Crippen LogP contribution >= 0.6 is 23.2 Å². The van der Waals surface area contributed by atoms with E-state index in [2.05, 4.69) is 4.72 Å². The molecule has 0 saturated carbocycles. The normalized spacial score (nSPS) is 11.2. The SMILES string of the molecule is O=C(c1ccccc1)c1cc(Cl)ccc1NS(=O)(=O)c1ccc(F)c(Cl)c1. The summed E-state index contributed by atoms with van der Waals surface area (Å²) in [5.41, 5.74) is 0.518. The van der Waals surface area contributed by atoms with Gasteiger partial charge in [-0.05, 0) is 36.4 Å². The first kappa shape index (κ1) is 19.4. The molecule has 8 heteroatoms. The zero-order valence-electron chi connectivity index (χ0n) is 13.6. The Morgan fingerprint density at radius 3 is 2.30 bits per heavy atom. The Morgan fingerprint density at radius 2 is 1.63 bits per heavy atom. The van der Waals surface area contributed by atoms with E-state index in [1.54, 1.807) is 30.3 Å². The number of carbonyl (C=O) groups excluding carboxylic acids is 1. The molecule has 0 aliphatic rings. The second-order valence-electron chi connectivity index (χ2n) is 5.57. The highest BCUT2D eigenvalue weighted by molar-refractivity contribution is 7.92. The Hall–Kier alpha value is -2.41. The van der Waals surface area contributed by atoms with Crippen molar-refractivity contribution in [3.8, 4) is 0 Å². The summed E-state index contributed by atoms with van der Waals surface area (Å²) in [5, 5.41) is -0.0448. The van der Waals surface area contributed by atoms with Crippen LogP contribution in [0.3, 0.4) is 0 Å². The average molecular weight is 424 g/mol. The summed E-state index contributed by atoms with van der Waals surface area (Å²) in [6.45, 7) is 0.